The van der Waals surface area contributed by atoms with E-state index in [1.807, 2.05) is 0 Å². The Hall–Kier alpha value is -1.62. The average molecular weight is 356 g/mol. The summed E-state index contributed by atoms with van der Waals surface area (Å²) in [6.07, 6.45) is 6.13. The molecule has 0 atom stereocenters. The first-order valence-corrected chi connectivity index (χ1v) is 8.74. The highest BCUT2D eigenvalue weighted by atomic mass is 35.5. The predicted octanol–water partition coefficient (Wildman–Crippen LogP) is 4.21. The molecule has 1 fully saturated rings. The largest absolute Gasteiger partial charge is 0.469 e. The van der Waals surface area contributed by atoms with Crippen LogP contribution in [0.1, 0.15) is 55.3 Å². The van der Waals surface area contributed by atoms with Gasteiger partial charge in [0.25, 0.3) is 5.91 Å². The Kier molecular flexibility index (Phi) is 7.03. The Morgan fingerprint density at radius 1 is 1.25 bits per heavy atom. The molecule has 0 saturated heterocycles. The molecule has 0 N–H and O–H groups in total. The second-order valence-corrected chi connectivity index (χ2v) is 6.47. The van der Waals surface area contributed by atoms with Crippen LogP contribution >= 0.6 is 11.6 Å². The predicted molar refractivity (Wildman–Crippen MR) is 90.6 cm³/mol. The quantitative estimate of drug-likeness (QED) is 0.587. The molecule has 4 nitrogen and oxygen atoms in total. The lowest BCUT2D eigenvalue weighted by atomic mass is 10.0. The number of hydrogen-bond donors (Lipinski definition) is 0. The molecule has 0 aromatic heterocycles. The monoisotopic (exact) mass is 355 g/mol. The molecule has 0 heterocycles. The lowest BCUT2D eigenvalue weighted by molar-refractivity contribution is -0.140. The minimum Gasteiger partial charge on any atom is -0.469 e. The Bertz CT molecular complexity index is 565. The van der Waals surface area contributed by atoms with Crippen molar-refractivity contribution in [2.75, 3.05) is 13.7 Å². The highest BCUT2D eigenvalue weighted by molar-refractivity contribution is 6.33. The fourth-order valence-electron chi connectivity index (χ4n) is 3.18. The highest BCUT2D eigenvalue weighted by Crippen LogP contribution is 2.27. The molecular formula is C18H23ClFNO3. The maximum atomic E-state index is 14.2. The number of rotatable bonds is 5. The number of halogens is 2. The van der Waals surface area contributed by atoms with Crippen LogP contribution in [0.15, 0.2) is 18.2 Å². The number of methoxy groups -OCH3 is 1. The number of benzene rings is 1. The van der Waals surface area contributed by atoms with Crippen LogP contribution in [0.25, 0.3) is 0 Å². The minimum atomic E-state index is -0.635. The van der Waals surface area contributed by atoms with Crippen LogP contribution in [0.2, 0.25) is 5.02 Å². The van der Waals surface area contributed by atoms with Crippen LogP contribution in [-0.4, -0.2) is 36.5 Å². The van der Waals surface area contributed by atoms with Crippen molar-refractivity contribution < 1.29 is 18.7 Å². The van der Waals surface area contributed by atoms with Crippen molar-refractivity contribution in [2.45, 2.75) is 51.0 Å². The van der Waals surface area contributed by atoms with Crippen molar-refractivity contribution in [2.24, 2.45) is 0 Å². The van der Waals surface area contributed by atoms with E-state index in [1.54, 1.807) is 4.90 Å². The topological polar surface area (TPSA) is 46.6 Å². The van der Waals surface area contributed by atoms with Crippen molar-refractivity contribution in [3.63, 3.8) is 0 Å². The van der Waals surface area contributed by atoms with Gasteiger partial charge in [0.05, 0.1) is 24.1 Å². The molecule has 0 spiro atoms. The average Bonchev–Trinajstić information content (AvgIpc) is 2.84. The van der Waals surface area contributed by atoms with Gasteiger partial charge in [-0.3, -0.25) is 9.59 Å². The molecule has 0 bridgehead atoms. The second-order valence-electron chi connectivity index (χ2n) is 6.07. The third kappa shape index (κ3) is 4.69. The molecule has 6 heteroatoms. The highest BCUT2D eigenvalue weighted by Gasteiger charge is 2.29. The van der Waals surface area contributed by atoms with Gasteiger partial charge < -0.3 is 9.64 Å². The zero-order valence-electron chi connectivity index (χ0n) is 13.9. The van der Waals surface area contributed by atoms with Crippen molar-refractivity contribution >= 4 is 23.5 Å². The summed E-state index contributed by atoms with van der Waals surface area (Å²) >= 11 is 6.05. The maximum Gasteiger partial charge on any atom is 0.307 e. The molecule has 1 aromatic carbocycles. The normalized spacial score (nSPS) is 15.6. The molecule has 24 heavy (non-hydrogen) atoms. The van der Waals surface area contributed by atoms with E-state index in [0.717, 1.165) is 38.5 Å². The number of carbonyl (C=O) groups is 2. The zero-order valence-corrected chi connectivity index (χ0v) is 14.7. The Balaban J connectivity index is 2.26. The molecule has 2 rings (SSSR count). The summed E-state index contributed by atoms with van der Waals surface area (Å²) in [6, 6.07) is 4.20. The van der Waals surface area contributed by atoms with Gasteiger partial charge in [-0.05, 0) is 25.0 Å². The maximum absolute atomic E-state index is 14.2. The molecule has 1 aromatic rings. The number of ether oxygens (including phenoxy) is 1. The van der Waals surface area contributed by atoms with Crippen LogP contribution < -0.4 is 0 Å². The molecule has 1 amide bonds. The minimum absolute atomic E-state index is 0.000305. The van der Waals surface area contributed by atoms with Crippen LogP contribution in [0.3, 0.4) is 0 Å². The Labute approximate surface area is 146 Å². The molecule has 0 unspecified atom stereocenters. The molecule has 1 aliphatic rings. The molecule has 0 radical (unpaired) electrons. The van der Waals surface area contributed by atoms with Gasteiger partial charge in [0.1, 0.15) is 5.82 Å². The van der Waals surface area contributed by atoms with E-state index in [1.165, 1.54) is 25.3 Å². The van der Waals surface area contributed by atoms with Crippen LogP contribution in [-0.2, 0) is 9.53 Å². The van der Waals surface area contributed by atoms with Crippen molar-refractivity contribution in [1.82, 2.24) is 4.90 Å². The first kappa shape index (κ1) is 18.7. The van der Waals surface area contributed by atoms with E-state index in [-0.39, 0.29) is 35.6 Å². The number of amides is 1. The first-order valence-electron chi connectivity index (χ1n) is 8.36. The number of esters is 1. The van der Waals surface area contributed by atoms with Gasteiger partial charge in [-0.15, -0.1) is 0 Å². The molecule has 1 aliphatic carbocycles. The van der Waals surface area contributed by atoms with Gasteiger partial charge in [0.2, 0.25) is 0 Å². The van der Waals surface area contributed by atoms with E-state index in [2.05, 4.69) is 4.74 Å². The first-order chi connectivity index (χ1) is 11.5. The summed E-state index contributed by atoms with van der Waals surface area (Å²) in [5.41, 5.74) is -0.117. The van der Waals surface area contributed by atoms with Crippen LogP contribution in [0.4, 0.5) is 4.39 Å². The summed E-state index contributed by atoms with van der Waals surface area (Å²) in [4.78, 5) is 26.1. The van der Waals surface area contributed by atoms with Gasteiger partial charge in [-0.2, -0.15) is 0 Å². The number of hydrogen-bond acceptors (Lipinski definition) is 3. The standard InChI is InChI=1S/C18H23ClFNO3/c1-24-16(22)11-12-21(13-7-4-2-3-5-8-13)18(23)17-14(19)9-6-10-15(17)20/h6,9-10,13H,2-5,7-8,11-12H2,1H3. The van der Waals surface area contributed by atoms with E-state index < -0.39 is 11.7 Å². The van der Waals surface area contributed by atoms with Crippen molar-refractivity contribution in [1.29, 1.82) is 0 Å². The van der Waals surface area contributed by atoms with Gasteiger partial charge in [-0.1, -0.05) is 43.4 Å². The summed E-state index contributed by atoms with van der Waals surface area (Å²) in [5, 5.41) is 0.0942. The molecule has 1 saturated carbocycles. The fraction of sp³-hybridized carbons (Fsp3) is 0.556. The van der Waals surface area contributed by atoms with Crippen LogP contribution in [0.5, 0.6) is 0 Å². The van der Waals surface area contributed by atoms with Crippen molar-refractivity contribution in [3.8, 4) is 0 Å². The zero-order chi connectivity index (χ0) is 17.5. The van der Waals surface area contributed by atoms with Gasteiger partial charge >= 0.3 is 5.97 Å². The number of nitrogens with zero attached hydrogens (tertiary/aromatic N) is 1. The van der Waals surface area contributed by atoms with Gasteiger partial charge in [0, 0.05) is 12.6 Å². The molecular weight excluding hydrogens is 333 g/mol. The summed E-state index contributed by atoms with van der Waals surface area (Å²) in [6.45, 7) is 0.209. The van der Waals surface area contributed by atoms with E-state index in [4.69, 9.17) is 11.6 Å². The lowest BCUT2D eigenvalue weighted by Crippen LogP contribution is -2.42. The van der Waals surface area contributed by atoms with E-state index in [0.29, 0.717) is 0 Å². The fourth-order valence-corrected chi connectivity index (χ4v) is 3.42. The smallest absolute Gasteiger partial charge is 0.307 e. The Morgan fingerprint density at radius 3 is 2.50 bits per heavy atom. The van der Waals surface area contributed by atoms with Gasteiger partial charge in [-0.25, -0.2) is 4.39 Å². The number of carbonyl (C=O) groups excluding carboxylic acids is 2. The van der Waals surface area contributed by atoms with Crippen molar-refractivity contribution in [3.05, 3.63) is 34.6 Å². The van der Waals surface area contributed by atoms with E-state index >= 15 is 0 Å². The summed E-state index contributed by atoms with van der Waals surface area (Å²) in [5.74, 6) is -1.47. The molecule has 0 aliphatic heterocycles. The lowest BCUT2D eigenvalue weighted by Gasteiger charge is -2.31. The second kappa shape index (κ2) is 9.02. The summed E-state index contributed by atoms with van der Waals surface area (Å²) < 4.78 is 18.8. The SMILES string of the molecule is COC(=O)CCN(C(=O)c1c(F)cccc1Cl)C1CCCCCC1. The van der Waals surface area contributed by atoms with E-state index in [9.17, 15) is 14.0 Å². The van der Waals surface area contributed by atoms with Gasteiger partial charge in [0.15, 0.2) is 0 Å². The summed E-state index contributed by atoms with van der Waals surface area (Å²) in [7, 11) is 1.31. The molecule has 132 valence electrons. The third-order valence-corrected chi connectivity index (χ3v) is 4.80. The third-order valence-electron chi connectivity index (χ3n) is 4.49. The Morgan fingerprint density at radius 2 is 1.92 bits per heavy atom. The van der Waals surface area contributed by atoms with Crippen LogP contribution in [0, 0.1) is 5.82 Å².